The van der Waals surface area contributed by atoms with Gasteiger partial charge < -0.3 is 24.3 Å². The normalized spacial score (nSPS) is 10.0. The van der Waals surface area contributed by atoms with E-state index in [0.717, 1.165) is 11.3 Å². The first-order valence-corrected chi connectivity index (χ1v) is 8.36. The van der Waals surface area contributed by atoms with E-state index >= 15 is 0 Å². The van der Waals surface area contributed by atoms with Crippen molar-refractivity contribution in [3.8, 4) is 17.2 Å². The summed E-state index contributed by atoms with van der Waals surface area (Å²) in [5.74, 6) is 1.37. The van der Waals surface area contributed by atoms with E-state index < -0.39 is 5.97 Å². The van der Waals surface area contributed by atoms with Gasteiger partial charge in [0.15, 0.2) is 6.61 Å². The zero-order valence-electron chi connectivity index (χ0n) is 15.6. The molecule has 2 aromatic carbocycles. The van der Waals surface area contributed by atoms with E-state index in [0.29, 0.717) is 30.0 Å². The Bertz CT molecular complexity index is 773. The van der Waals surface area contributed by atoms with Crippen LogP contribution in [0, 0.1) is 0 Å². The smallest absolute Gasteiger partial charge is 0.343 e. The maximum absolute atomic E-state index is 12.2. The second kappa shape index (κ2) is 10.1. The highest BCUT2D eigenvalue weighted by Gasteiger charge is 2.09. The summed E-state index contributed by atoms with van der Waals surface area (Å²) in [6.45, 7) is -0.162. The van der Waals surface area contributed by atoms with Crippen molar-refractivity contribution < 1.29 is 28.5 Å². The summed E-state index contributed by atoms with van der Waals surface area (Å²) in [7, 11) is 4.48. The molecule has 1 amide bonds. The third-order valence-corrected chi connectivity index (χ3v) is 3.83. The number of carbonyl (C=O) groups excluding carboxylic acids is 2. The van der Waals surface area contributed by atoms with Crippen LogP contribution in [-0.2, 0) is 20.7 Å². The third-order valence-electron chi connectivity index (χ3n) is 3.83. The highest BCUT2D eigenvalue weighted by Crippen LogP contribution is 2.25. The second-order valence-corrected chi connectivity index (χ2v) is 5.62. The van der Waals surface area contributed by atoms with Crippen molar-refractivity contribution in [3.05, 3.63) is 48.0 Å². The highest BCUT2D eigenvalue weighted by atomic mass is 16.6. The van der Waals surface area contributed by atoms with Crippen LogP contribution in [-0.4, -0.2) is 39.8 Å². The second-order valence-electron chi connectivity index (χ2n) is 5.62. The molecule has 1 N–H and O–H groups in total. The molecule has 0 atom stereocenters. The lowest BCUT2D eigenvalue weighted by molar-refractivity contribution is -0.142. The molecule has 0 spiro atoms. The summed E-state index contributed by atoms with van der Waals surface area (Å²) >= 11 is 0. The molecule has 0 fully saturated rings. The van der Waals surface area contributed by atoms with Crippen LogP contribution < -0.4 is 19.5 Å². The van der Waals surface area contributed by atoms with Gasteiger partial charge in [0.2, 0.25) is 5.91 Å². The number of hydrogen-bond donors (Lipinski definition) is 1. The average Bonchev–Trinajstić information content (AvgIpc) is 2.71. The fourth-order valence-electron chi connectivity index (χ4n) is 2.38. The molecule has 2 aromatic rings. The molecule has 2 rings (SSSR count). The van der Waals surface area contributed by atoms with Gasteiger partial charge in [-0.25, -0.2) is 4.79 Å². The van der Waals surface area contributed by atoms with Crippen molar-refractivity contribution in [2.75, 3.05) is 33.3 Å². The Morgan fingerprint density at radius 1 is 0.926 bits per heavy atom. The van der Waals surface area contributed by atoms with E-state index in [1.807, 2.05) is 18.2 Å². The van der Waals surface area contributed by atoms with E-state index in [-0.39, 0.29) is 12.5 Å². The number of methoxy groups -OCH3 is 3. The van der Waals surface area contributed by atoms with Gasteiger partial charge in [-0.05, 0) is 54.4 Å². The molecule has 0 aliphatic rings. The molecule has 0 aliphatic carbocycles. The number of benzene rings is 2. The number of carbonyl (C=O) groups is 2. The van der Waals surface area contributed by atoms with Crippen molar-refractivity contribution in [2.24, 2.45) is 0 Å². The standard InChI is InChI=1S/C20H23NO6/c1-24-17-9-10-18(25-2)14(12-17)4-11-19(22)21-15-5-7-16(8-6-15)27-13-20(23)26-3/h5-10,12H,4,11,13H2,1-3H3,(H,21,22). The lowest BCUT2D eigenvalue weighted by atomic mass is 10.1. The lowest BCUT2D eigenvalue weighted by Crippen LogP contribution is -2.13. The molecule has 0 bridgehead atoms. The Morgan fingerprint density at radius 2 is 1.63 bits per heavy atom. The molecule has 0 saturated carbocycles. The predicted octanol–water partition coefficient (Wildman–Crippen LogP) is 2.83. The fourth-order valence-corrected chi connectivity index (χ4v) is 2.38. The molecule has 144 valence electrons. The molecule has 0 aromatic heterocycles. The van der Waals surface area contributed by atoms with E-state index in [9.17, 15) is 9.59 Å². The first-order chi connectivity index (χ1) is 13.0. The first kappa shape index (κ1) is 20.1. The van der Waals surface area contributed by atoms with Crippen molar-refractivity contribution in [2.45, 2.75) is 12.8 Å². The molecule has 7 nitrogen and oxygen atoms in total. The zero-order valence-corrected chi connectivity index (χ0v) is 15.6. The summed E-state index contributed by atoms with van der Waals surface area (Å²) < 4.78 is 20.3. The summed E-state index contributed by atoms with van der Waals surface area (Å²) in [6, 6.07) is 12.2. The Kier molecular flexibility index (Phi) is 7.49. The third kappa shape index (κ3) is 6.22. The Morgan fingerprint density at radius 3 is 2.26 bits per heavy atom. The average molecular weight is 373 g/mol. The fraction of sp³-hybridized carbons (Fsp3) is 0.300. The number of anilines is 1. The number of hydrogen-bond acceptors (Lipinski definition) is 6. The number of amides is 1. The predicted molar refractivity (Wildman–Crippen MR) is 100 cm³/mol. The summed E-state index contributed by atoms with van der Waals surface area (Å²) in [5.41, 5.74) is 1.54. The van der Waals surface area contributed by atoms with Crippen molar-refractivity contribution in [3.63, 3.8) is 0 Å². The Hall–Kier alpha value is -3.22. The summed E-state index contributed by atoms with van der Waals surface area (Å²) in [4.78, 5) is 23.3. The van der Waals surface area contributed by atoms with Crippen LogP contribution in [0.5, 0.6) is 17.2 Å². The molecule has 0 aliphatic heterocycles. The van der Waals surface area contributed by atoms with E-state index in [4.69, 9.17) is 14.2 Å². The lowest BCUT2D eigenvalue weighted by Gasteiger charge is -2.11. The van der Waals surface area contributed by atoms with Crippen LogP contribution >= 0.6 is 0 Å². The van der Waals surface area contributed by atoms with Crippen LogP contribution in [0.15, 0.2) is 42.5 Å². The maximum atomic E-state index is 12.2. The van der Waals surface area contributed by atoms with Gasteiger partial charge in [0, 0.05) is 12.1 Å². The van der Waals surface area contributed by atoms with Crippen molar-refractivity contribution in [1.82, 2.24) is 0 Å². The van der Waals surface area contributed by atoms with Crippen LogP contribution in [0.25, 0.3) is 0 Å². The largest absolute Gasteiger partial charge is 0.497 e. The number of aryl methyl sites for hydroxylation is 1. The van der Waals surface area contributed by atoms with Crippen molar-refractivity contribution in [1.29, 1.82) is 0 Å². The minimum Gasteiger partial charge on any atom is -0.497 e. The first-order valence-electron chi connectivity index (χ1n) is 8.36. The van der Waals surface area contributed by atoms with E-state index in [2.05, 4.69) is 10.1 Å². The summed E-state index contributed by atoms with van der Waals surface area (Å²) in [5, 5.41) is 2.82. The molecule has 0 radical (unpaired) electrons. The molecule has 27 heavy (non-hydrogen) atoms. The van der Waals surface area contributed by atoms with Gasteiger partial charge in [-0.2, -0.15) is 0 Å². The molecular weight excluding hydrogens is 350 g/mol. The van der Waals surface area contributed by atoms with Gasteiger partial charge in [0.25, 0.3) is 0 Å². The summed E-state index contributed by atoms with van der Waals surface area (Å²) in [6.07, 6.45) is 0.816. The van der Waals surface area contributed by atoms with Gasteiger partial charge in [-0.3, -0.25) is 4.79 Å². The van der Waals surface area contributed by atoms with Crippen LogP contribution in [0.2, 0.25) is 0 Å². The SMILES string of the molecule is COC(=O)COc1ccc(NC(=O)CCc2cc(OC)ccc2OC)cc1. The topological polar surface area (TPSA) is 83.1 Å². The molecular formula is C20H23NO6. The van der Waals surface area contributed by atoms with Crippen LogP contribution in [0.1, 0.15) is 12.0 Å². The minimum absolute atomic E-state index is 0.122. The number of ether oxygens (including phenoxy) is 4. The van der Waals surface area contributed by atoms with E-state index in [1.165, 1.54) is 7.11 Å². The zero-order chi connectivity index (χ0) is 19.6. The molecule has 0 unspecified atom stereocenters. The molecule has 0 saturated heterocycles. The quantitative estimate of drug-likeness (QED) is 0.681. The van der Waals surface area contributed by atoms with Gasteiger partial charge >= 0.3 is 5.97 Å². The van der Waals surface area contributed by atoms with Gasteiger partial charge in [-0.15, -0.1) is 0 Å². The highest BCUT2D eigenvalue weighted by molar-refractivity contribution is 5.90. The Labute approximate surface area is 158 Å². The van der Waals surface area contributed by atoms with Crippen molar-refractivity contribution >= 4 is 17.6 Å². The van der Waals surface area contributed by atoms with Gasteiger partial charge in [0.1, 0.15) is 17.2 Å². The van der Waals surface area contributed by atoms with Crippen LogP contribution in [0.4, 0.5) is 5.69 Å². The maximum Gasteiger partial charge on any atom is 0.343 e. The minimum atomic E-state index is -0.458. The van der Waals surface area contributed by atoms with E-state index in [1.54, 1.807) is 38.5 Å². The number of nitrogens with one attached hydrogen (secondary N) is 1. The van der Waals surface area contributed by atoms with Crippen LogP contribution in [0.3, 0.4) is 0 Å². The van der Waals surface area contributed by atoms with Gasteiger partial charge in [0.05, 0.1) is 21.3 Å². The molecule has 0 heterocycles. The Balaban J connectivity index is 1.88. The number of rotatable bonds is 9. The molecule has 7 heteroatoms. The monoisotopic (exact) mass is 373 g/mol. The van der Waals surface area contributed by atoms with Gasteiger partial charge in [-0.1, -0.05) is 0 Å². The number of esters is 1.